The van der Waals surface area contributed by atoms with E-state index in [-0.39, 0.29) is 30.7 Å². The number of H-pyrrole nitrogens is 3. The minimum absolute atomic E-state index is 0.193. The number of hydrogen-bond acceptors (Lipinski definition) is 6. The minimum atomic E-state index is -1.10. The van der Waals surface area contributed by atoms with E-state index in [2.05, 4.69) is 73.1 Å². The van der Waals surface area contributed by atoms with Crippen LogP contribution in [0.4, 0.5) is 0 Å². The van der Waals surface area contributed by atoms with E-state index >= 15 is 0 Å². The Morgan fingerprint density at radius 1 is 0.857 bits per heavy atom. The van der Waals surface area contributed by atoms with E-state index in [9.17, 15) is 14.4 Å². The molecule has 0 amide bonds. The van der Waals surface area contributed by atoms with Crippen LogP contribution < -0.4 is 26.7 Å². The van der Waals surface area contributed by atoms with Crippen molar-refractivity contribution in [2.45, 2.75) is 87.1 Å². The number of methoxy groups -OCH3 is 1. The standard InChI is InChI=1S/C40H48N4O5/c1-10-24-20(5)27-16-29-22(7)26(12-13-33(45)49-15-14-19(3)4)37(43-29)35-36(40(47)48-9)39(46)34-23(8)30(44-38(34)35)18-32-25(11-2)21(6)28(42-32)17-31(24)41-27/h14,16-18,26,36-37,41-44H,10-13,15H2,1-9H3/b27-16-,30-18-,31-17-/t26-,36+,37?/m0/s1. The van der Waals surface area contributed by atoms with Crippen molar-refractivity contribution in [1.29, 1.82) is 0 Å². The molecule has 3 atom stereocenters. The molecule has 3 aromatic heterocycles. The van der Waals surface area contributed by atoms with Gasteiger partial charge in [-0.25, -0.2) is 0 Å². The Hall–Kier alpha value is -4.79. The third-order valence-corrected chi connectivity index (χ3v) is 10.7. The lowest BCUT2D eigenvalue weighted by Crippen LogP contribution is -2.39. The molecule has 2 aliphatic heterocycles. The molecule has 0 aromatic carbocycles. The van der Waals surface area contributed by atoms with Gasteiger partial charge < -0.3 is 29.7 Å². The molecule has 4 N–H and O–H groups in total. The lowest BCUT2D eigenvalue weighted by atomic mass is 9.82. The molecule has 9 nitrogen and oxygen atoms in total. The first-order chi connectivity index (χ1) is 23.4. The highest BCUT2D eigenvalue weighted by molar-refractivity contribution is 6.19. The maximum Gasteiger partial charge on any atom is 0.320 e. The Bertz CT molecular complexity index is 2200. The first kappa shape index (κ1) is 34.1. The van der Waals surface area contributed by atoms with Gasteiger partial charge in [0.25, 0.3) is 0 Å². The summed E-state index contributed by atoms with van der Waals surface area (Å²) in [5, 5.41) is 7.24. The fourth-order valence-corrected chi connectivity index (χ4v) is 7.95. The summed E-state index contributed by atoms with van der Waals surface area (Å²) in [6.45, 7) is 16.8. The van der Waals surface area contributed by atoms with Gasteiger partial charge in [0.1, 0.15) is 12.5 Å². The zero-order valence-corrected chi connectivity index (χ0v) is 30.1. The Kier molecular flexibility index (Phi) is 9.22. The summed E-state index contributed by atoms with van der Waals surface area (Å²) in [7, 11) is 1.32. The van der Waals surface area contributed by atoms with Gasteiger partial charge in [0.05, 0.1) is 18.5 Å². The van der Waals surface area contributed by atoms with Crippen LogP contribution in [-0.2, 0) is 31.9 Å². The van der Waals surface area contributed by atoms with Crippen molar-refractivity contribution in [2.75, 3.05) is 13.7 Å². The number of fused-ring (bicyclic) bond motifs is 8. The quantitative estimate of drug-likeness (QED) is 0.166. The molecule has 0 saturated carbocycles. The topological polar surface area (TPSA) is 129 Å². The Labute approximate surface area is 286 Å². The average Bonchev–Trinajstić information content (AvgIpc) is 3.80. The smallest absolute Gasteiger partial charge is 0.320 e. The third kappa shape index (κ3) is 5.83. The van der Waals surface area contributed by atoms with Crippen molar-refractivity contribution in [3.05, 3.63) is 89.1 Å². The summed E-state index contributed by atoms with van der Waals surface area (Å²) < 4.78 is 10.8. The van der Waals surface area contributed by atoms with E-state index in [0.29, 0.717) is 22.9 Å². The van der Waals surface area contributed by atoms with Gasteiger partial charge in [0.2, 0.25) is 0 Å². The fourth-order valence-electron chi connectivity index (χ4n) is 7.95. The van der Waals surface area contributed by atoms with Crippen molar-refractivity contribution in [3.8, 4) is 0 Å². The third-order valence-electron chi connectivity index (χ3n) is 10.7. The van der Waals surface area contributed by atoms with Gasteiger partial charge in [-0.15, -0.1) is 0 Å². The summed E-state index contributed by atoms with van der Waals surface area (Å²) in [4.78, 5) is 51.5. The van der Waals surface area contributed by atoms with Crippen LogP contribution in [0.2, 0.25) is 0 Å². The Balaban J connectivity index is 1.62. The number of aromatic amines is 3. The van der Waals surface area contributed by atoms with Crippen molar-refractivity contribution in [2.24, 2.45) is 11.8 Å². The molecule has 49 heavy (non-hydrogen) atoms. The van der Waals surface area contributed by atoms with Crippen LogP contribution in [0, 0.1) is 32.6 Å². The molecular formula is C40H48N4O5. The highest BCUT2D eigenvalue weighted by Gasteiger charge is 2.47. The van der Waals surface area contributed by atoms with E-state index in [1.54, 1.807) is 0 Å². The molecule has 8 bridgehead atoms. The molecule has 6 rings (SSSR count). The first-order valence-electron chi connectivity index (χ1n) is 17.3. The highest BCUT2D eigenvalue weighted by Crippen LogP contribution is 2.39. The molecule has 1 unspecified atom stereocenters. The van der Waals surface area contributed by atoms with E-state index in [1.165, 1.54) is 23.8 Å². The van der Waals surface area contributed by atoms with Crippen molar-refractivity contribution >= 4 is 41.5 Å². The van der Waals surface area contributed by atoms with E-state index in [4.69, 9.17) is 9.47 Å². The van der Waals surface area contributed by atoms with Gasteiger partial charge in [-0.05, 0) is 124 Å². The van der Waals surface area contributed by atoms with Gasteiger partial charge in [-0.1, -0.05) is 19.4 Å². The number of allylic oxidation sites excluding steroid dienone is 2. The van der Waals surface area contributed by atoms with Crippen LogP contribution in [-0.4, -0.2) is 52.4 Å². The molecule has 1 aliphatic carbocycles. The number of carbonyl (C=O) groups excluding carboxylic acids is 3. The van der Waals surface area contributed by atoms with Crippen LogP contribution in [0.25, 0.3) is 23.8 Å². The van der Waals surface area contributed by atoms with Crippen molar-refractivity contribution in [3.63, 3.8) is 0 Å². The molecule has 0 radical (unpaired) electrons. The predicted molar refractivity (Wildman–Crippen MR) is 191 cm³/mol. The lowest BCUT2D eigenvalue weighted by molar-refractivity contribution is -0.143. The number of ketones is 1. The first-order valence-corrected chi connectivity index (χ1v) is 17.3. The Morgan fingerprint density at radius 3 is 2.22 bits per heavy atom. The maximum absolute atomic E-state index is 14.2. The number of Topliss-reactive ketones (excluding diaryl/α,β-unsaturated/α-hetero) is 1. The van der Waals surface area contributed by atoms with Crippen LogP contribution in [0.15, 0.2) is 22.9 Å². The minimum Gasteiger partial charge on any atom is -0.468 e. The van der Waals surface area contributed by atoms with E-state index < -0.39 is 17.9 Å². The second-order valence-electron chi connectivity index (χ2n) is 13.8. The lowest BCUT2D eigenvalue weighted by Gasteiger charge is -2.26. The van der Waals surface area contributed by atoms with Gasteiger partial charge >= 0.3 is 11.9 Å². The van der Waals surface area contributed by atoms with Gasteiger partial charge in [0.15, 0.2) is 5.78 Å². The number of rotatable bonds is 8. The molecule has 9 heteroatoms. The molecular weight excluding hydrogens is 616 g/mol. The molecule has 3 aromatic rings. The molecule has 0 saturated heterocycles. The number of aromatic nitrogens is 3. The fraction of sp³-hybridized carbons (Fsp3) is 0.425. The summed E-state index contributed by atoms with van der Waals surface area (Å²) in [6.07, 6.45) is 10.7. The number of hydrogen-bond donors (Lipinski definition) is 4. The predicted octanol–water partition coefficient (Wildman–Crippen LogP) is 3.46. The second-order valence-corrected chi connectivity index (χ2v) is 13.8. The van der Waals surface area contributed by atoms with Crippen molar-refractivity contribution < 1.29 is 23.9 Å². The summed E-state index contributed by atoms with van der Waals surface area (Å²) >= 11 is 0. The SMILES string of the molecule is CCc1c2[nH]c(c1C)/C=c1\[nH]/c(c(C)c1CC)=C\C1=C(C)[C@H](CCC(=O)OCC=C(C)C)C(N1)C1=c3[nH]/c(c(C)c3C(=O)[C@@H]1C(=O)OC)=C\2. The van der Waals surface area contributed by atoms with Crippen LogP contribution in [0.3, 0.4) is 0 Å². The molecule has 258 valence electrons. The number of ether oxygens (including phenoxy) is 2. The average molecular weight is 665 g/mol. The zero-order chi connectivity index (χ0) is 35.3. The molecule has 0 fully saturated rings. The summed E-state index contributed by atoms with van der Waals surface area (Å²) in [6, 6.07) is -0.442. The largest absolute Gasteiger partial charge is 0.468 e. The molecule has 0 spiro atoms. The number of nitrogens with one attached hydrogen (secondary N) is 4. The van der Waals surface area contributed by atoms with Crippen LogP contribution >= 0.6 is 0 Å². The van der Waals surface area contributed by atoms with Crippen LogP contribution in [0.5, 0.6) is 0 Å². The summed E-state index contributed by atoms with van der Waals surface area (Å²) in [5.74, 6) is -2.44. The number of esters is 2. The van der Waals surface area contributed by atoms with E-state index in [1.807, 2.05) is 26.8 Å². The second kappa shape index (κ2) is 13.3. The summed E-state index contributed by atoms with van der Waals surface area (Å²) in [5.41, 5.74) is 11.8. The normalized spacial score (nSPS) is 21.3. The molecule has 3 aliphatic rings. The Morgan fingerprint density at radius 2 is 1.55 bits per heavy atom. The van der Waals surface area contributed by atoms with Crippen molar-refractivity contribution in [1.82, 2.24) is 20.3 Å². The van der Waals surface area contributed by atoms with Crippen LogP contribution in [0.1, 0.15) is 97.0 Å². The van der Waals surface area contributed by atoms with Gasteiger partial charge in [0, 0.05) is 51.0 Å². The maximum atomic E-state index is 14.2. The van der Waals surface area contributed by atoms with E-state index in [0.717, 1.165) is 68.2 Å². The molecule has 5 heterocycles. The van der Waals surface area contributed by atoms with Gasteiger partial charge in [-0.2, -0.15) is 0 Å². The zero-order valence-electron chi connectivity index (χ0n) is 30.1. The number of carbonyl (C=O) groups is 3. The highest BCUT2D eigenvalue weighted by atomic mass is 16.5. The monoisotopic (exact) mass is 664 g/mol. The van der Waals surface area contributed by atoms with Gasteiger partial charge in [-0.3, -0.25) is 14.4 Å².